The van der Waals surface area contributed by atoms with Gasteiger partial charge in [-0.15, -0.1) is 11.3 Å². The fraction of sp³-hybridized carbons (Fsp3) is 0.375. The van der Waals surface area contributed by atoms with Crippen LogP contribution in [0.15, 0.2) is 42.5 Å². The topological polar surface area (TPSA) is 62.7 Å². The highest BCUT2D eigenvalue weighted by Gasteiger charge is 2.44. The first-order chi connectivity index (χ1) is 14.9. The highest BCUT2D eigenvalue weighted by molar-refractivity contribution is 7.21. The molecule has 2 aromatic carbocycles. The van der Waals surface area contributed by atoms with Crippen molar-refractivity contribution >= 4 is 39.1 Å². The summed E-state index contributed by atoms with van der Waals surface area (Å²) in [6.07, 6.45) is 0.326. The van der Waals surface area contributed by atoms with Gasteiger partial charge >= 0.3 is 0 Å². The van der Waals surface area contributed by atoms with E-state index in [2.05, 4.69) is 24.0 Å². The first-order valence-corrected chi connectivity index (χ1v) is 11.4. The third kappa shape index (κ3) is 3.78. The maximum Gasteiger partial charge on any atom is 0.251 e. The second kappa shape index (κ2) is 7.82. The fourth-order valence-electron chi connectivity index (χ4n) is 4.55. The van der Waals surface area contributed by atoms with Gasteiger partial charge in [0.2, 0.25) is 5.91 Å². The smallest absolute Gasteiger partial charge is 0.251 e. The molecule has 2 fully saturated rings. The number of amides is 2. The third-order valence-electron chi connectivity index (χ3n) is 5.93. The maximum atomic E-state index is 13.1. The van der Waals surface area contributed by atoms with Gasteiger partial charge in [0.25, 0.3) is 5.91 Å². The van der Waals surface area contributed by atoms with Crippen molar-refractivity contribution in [3.8, 4) is 10.6 Å². The Morgan fingerprint density at radius 2 is 1.74 bits per heavy atom. The summed E-state index contributed by atoms with van der Waals surface area (Å²) in [4.78, 5) is 34.0. The van der Waals surface area contributed by atoms with E-state index in [0.29, 0.717) is 18.8 Å². The molecule has 5 rings (SSSR count). The molecule has 7 heteroatoms. The van der Waals surface area contributed by atoms with Gasteiger partial charge in [-0.2, -0.15) is 0 Å². The zero-order valence-corrected chi connectivity index (χ0v) is 18.7. The van der Waals surface area contributed by atoms with E-state index in [-0.39, 0.29) is 30.4 Å². The summed E-state index contributed by atoms with van der Waals surface area (Å²) >= 11 is 1.65. The highest BCUT2D eigenvalue weighted by Crippen LogP contribution is 2.33. The molecule has 0 spiro atoms. The van der Waals surface area contributed by atoms with Crippen LogP contribution in [0.1, 0.15) is 25.8 Å². The van der Waals surface area contributed by atoms with Gasteiger partial charge < -0.3 is 4.74 Å². The molecule has 0 unspecified atom stereocenters. The molecule has 0 saturated carbocycles. The molecular weight excluding hydrogens is 410 g/mol. The Hall–Kier alpha value is -2.61. The first-order valence-electron chi connectivity index (χ1n) is 10.6. The average molecular weight is 436 g/mol. The van der Waals surface area contributed by atoms with Gasteiger partial charge in [0, 0.05) is 18.7 Å². The van der Waals surface area contributed by atoms with E-state index in [4.69, 9.17) is 9.72 Å². The van der Waals surface area contributed by atoms with Gasteiger partial charge in [-0.3, -0.25) is 14.5 Å². The number of carbonyl (C=O) groups is 2. The minimum atomic E-state index is -0.409. The van der Waals surface area contributed by atoms with E-state index >= 15 is 0 Å². The SMILES string of the molecule is Cc1ccc2nc(-c3ccc(N4C(=O)C[C@@H](N5C[C@@H](C)O[C@H](C)C5)C4=O)cc3)sc2c1. The standard InChI is InChI=1S/C24H25N3O3S/c1-14-4-9-19-21(10-14)31-23(25-19)17-5-7-18(8-6-17)27-22(28)11-20(24(27)29)26-12-15(2)30-16(3)13-26/h4-10,15-16,20H,11-13H2,1-3H3/t15-,16-,20-/m1/s1. The van der Waals surface area contributed by atoms with Crippen LogP contribution in [0.3, 0.4) is 0 Å². The third-order valence-corrected chi connectivity index (χ3v) is 7.00. The quantitative estimate of drug-likeness (QED) is 0.582. The van der Waals surface area contributed by atoms with Crippen molar-refractivity contribution in [1.29, 1.82) is 0 Å². The number of benzene rings is 2. The van der Waals surface area contributed by atoms with E-state index in [1.54, 1.807) is 11.3 Å². The molecule has 2 saturated heterocycles. The number of nitrogens with zero attached hydrogens (tertiary/aromatic N) is 3. The summed E-state index contributed by atoms with van der Waals surface area (Å²) in [6.45, 7) is 7.41. The van der Waals surface area contributed by atoms with Crippen molar-refractivity contribution in [2.75, 3.05) is 18.0 Å². The number of carbonyl (C=O) groups excluding carboxylic acids is 2. The van der Waals surface area contributed by atoms with Gasteiger partial charge in [0.05, 0.1) is 40.6 Å². The predicted octanol–water partition coefficient (Wildman–Crippen LogP) is 4.01. The minimum Gasteiger partial charge on any atom is -0.373 e. The van der Waals surface area contributed by atoms with Crippen molar-refractivity contribution in [3.05, 3.63) is 48.0 Å². The number of ether oxygens (including phenoxy) is 1. The van der Waals surface area contributed by atoms with Crippen molar-refractivity contribution in [2.45, 2.75) is 45.4 Å². The molecule has 0 aliphatic carbocycles. The molecule has 3 atom stereocenters. The summed E-state index contributed by atoms with van der Waals surface area (Å²) < 4.78 is 6.93. The Morgan fingerprint density at radius 1 is 1.03 bits per heavy atom. The molecular formula is C24H25N3O3S. The molecule has 160 valence electrons. The van der Waals surface area contributed by atoms with E-state index in [9.17, 15) is 9.59 Å². The number of morpholine rings is 1. The molecule has 6 nitrogen and oxygen atoms in total. The number of anilines is 1. The summed E-state index contributed by atoms with van der Waals surface area (Å²) in [6, 6.07) is 13.4. The second-order valence-corrected chi connectivity index (χ2v) is 9.57. The van der Waals surface area contributed by atoms with Gasteiger partial charge in [-0.05, 0) is 62.7 Å². The predicted molar refractivity (Wildman–Crippen MR) is 122 cm³/mol. The van der Waals surface area contributed by atoms with Gasteiger partial charge in [0.15, 0.2) is 0 Å². The van der Waals surface area contributed by atoms with Crippen LogP contribution in [0.5, 0.6) is 0 Å². The number of rotatable bonds is 3. The monoisotopic (exact) mass is 435 g/mol. The van der Waals surface area contributed by atoms with E-state index in [1.807, 2.05) is 44.2 Å². The molecule has 0 bridgehead atoms. The number of hydrogen-bond acceptors (Lipinski definition) is 6. The van der Waals surface area contributed by atoms with E-state index in [0.717, 1.165) is 20.8 Å². The molecule has 1 aromatic heterocycles. The van der Waals surface area contributed by atoms with Crippen molar-refractivity contribution in [1.82, 2.24) is 9.88 Å². The first kappa shape index (κ1) is 20.3. The molecule has 2 aliphatic heterocycles. The Kier molecular flexibility index (Phi) is 5.12. The van der Waals surface area contributed by atoms with Crippen LogP contribution in [-0.4, -0.2) is 53.0 Å². The Balaban J connectivity index is 1.37. The average Bonchev–Trinajstić information content (AvgIpc) is 3.27. The Labute approximate surface area is 185 Å². The highest BCUT2D eigenvalue weighted by atomic mass is 32.1. The fourth-order valence-corrected chi connectivity index (χ4v) is 5.62. The largest absolute Gasteiger partial charge is 0.373 e. The summed E-state index contributed by atoms with van der Waals surface area (Å²) in [7, 11) is 0. The van der Waals surface area contributed by atoms with Crippen molar-refractivity contribution in [3.63, 3.8) is 0 Å². The number of hydrogen-bond donors (Lipinski definition) is 0. The Bertz CT molecular complexity index is 1150. The summed E-state index contributed by atoms with van der Waals surface area (Å²) in [5, 5.41) is 0.931. The molecule has 2 amide bonds. The normalized spacial score (nSPS) is 25.0. The summed E-state index contributed by atoms with van der Waals surface area (Å²) in [5.74, 6) is -0.292. The van der Waals surface area contributed by atoms with Crippen LogP contribution in [0.2, 0.25) is 0 Å². The maximum absolute atomic E-state index is 13.1. The zero-order chi connectivity index (χ0) is 21.7. The molecule has 2 aliphatic rings. The number of aryl methyl sites for hydroxylation is 1. The van der Waals surface area contributed by atoms with Crippen molar-refractivity contribution in [2.24, 2.45) is 0 Å². The Morgan fingerprint density at radius 3 is 2.45 bits per heavy atom. The second-order valence-electron chi connectivity index (χ2n) is 8.54. The van der Waals surface area contributed by atoms with Crippen LogP contribution in [0, 0.1) is 6.92 Å². The summed E-state index contributed by atoms with van der Waals surface area (Å²) in [5.41, 5.74) is 3.79. The van der Waals surface area contributed by atoms with E-state index in [1.165, 1.54) is 10.5 Å². The van der Waals surface area contributed by atoms with Crippen LogP contribution < -0.4 is 4.90 Å². The number of aromatic nitrogens is 1. The lowest BCUT2D eigenvalue weighted by atomic mass is 10.1. The molecule has 3 aromatic rings. The molecule has 0 radical (unpaired) electrons. The molecule has 0 N–H and O–H groups in total. The lowest BCUT2D eigenvalue weighted by Gasteiger charge is -2.37. The van der Waals surface area contributed by atoms with Gasteiger partial charge in [0.1, 0.15) is 5.01 Å². The number of thiazole rings is 1. The van der Waals surface area contributed by atoms with Gasteiger partial charge in [-0.1, -0.05) is 6.07 Å². The lowest BCUT2D eigenvalue weighted by Crippen LogP contribution is -2.52. The van der Waals surface area contributed by atoms with Gasteiger partial charge in [-0.25, -0.2) is 9.88 Å². The number of imide groups is 1. The van der Waals surface area contributed by atoms with Crippen molar-refractivity contribution < 1.29 is 14.3 Å². The van der Waals surface area contributed by atoms with Crippen LogP contribution in [0.4, 0.5) is 5.69 Å². The van der Waals surface area contributed by atoms with Crippen LogP contribution >= 0.6 is 11.3 Å². The minimum absolute atomic E-state index is 0.0533. The molecule has 3 heterocycles. The van der Waals surface area contributed by atoms with Crippen LogP contribution in [0.25, 0.3) is 20.8 Å². The molecule has 31 heavy (non-hydrogen) atoms. The zero-order valence-electron chi connectivity index (χ0n) is 17.9. The van der Waals surface area contributed by atoms with E-state index < -0.39 is 6.04 Å². The number of fused-ring (bicyclic) bond motifs is 1. The van der Waals surface area contributed by atoms with Crippen LogP contribution in [-0.2, 0) is 14.3 Å². The lowest BCUT2D eigenvalue weighted by molar-refractivity contribution is -0.127.